The fourth-order valence-corrected chi connectivity index (χ4v) is 1.41. The second-order valence-corrected chi connectivity index (χ2v) is 3.65. The molecule has 80 valence electrons. The van der Waals surface area contributed by atoms with E-state index in [9.17, 15) is 0 Å². The van der Waals surface area contributed by atoms with Crippen LogP contribution in [-0.2, 0) is 0 Å². The fourth-order valence-electron chi connectivity index (χ4n) is 1.41. The van der Waals surface area contributed by atoms with Crippen molar-refractivity contribution in [3.8, 4) is 5.75 Å². The molecule has 0 aromatic heterocycles. The van der Waals surface area contributed by atoms with Gasteiger partial charge in [-0.05, 0) is 31.2 Å². The Labute approximate surface area is 94.3 Å². The molecule has 0 saturated carbocycles. The SMILES string of the molecule is Cc1ccc(OC2=CCC(=[N+]=[N-])C=C2)cc1. The van der Waals surface area contributed by atoms with Crippen LogP contribution in [0.4, 0.5) is 0 Å². The number of aryl methyl sites for hydroxylation is 1. The Morgan fingerprint density at radius 2 is 1.94 bits per heavy atom. The number of rotatable bonds is 2. The highest BCUT2D eigenvalue weighted by molar-refractivity contribution is 5.92. The fraction of sp³-hybridized carbons (Fsp3) is 0.154. The molecular formula is C13H12N2O. The third kappa shape index (κ3) is 2.47. The van der Waals surface area contributed by atoms with Gasteiger partial charge in [-0.2, -0.15) is 4.79 Å². The monoisotopic (exact) mass is 212 g/mol. The van der Waals surface area contributed by atoms with Crippen molar-refractivity contribution >= 4 is 5.71 Å². The van der Waals surface area contributed by atoms with Crippen molar-refractivity contribution in [3.63, 3.8) is 0 Å². The second-order valence-electron chi connectivity index (χ2n) is 3.65. The largest absolute Gasteiger partial charge is 0.458 e. The molecule has 1 aliphatic carbocycles. The Balaban J connectivity index is 2.07. The highest BCUT2D eigenvalue weighted by Crippen LogP contribution is 2.17. The van der Waals surface area contributed by atoms with E-state index in [2.05, 4.69) is 4.79 Å². The van der Waals surface area contributed by atoms with Crippen molar-refractivity contribution in [1.29, 1.82) is 0 Å². The summed E-state index contributed by atoms with van der Waals surface area (Å²) in [4.78, 5) is 3.13. The van der Waals surface area contributed by atoms with Crippen LogP contribution in [0, 0.1) is 6.92 Å². The lowest BCUT2D eigenvalue weighted by atomic mass is 10.1. The van der Waals surface area contributed by atoms with E-state index in [1.54, 1.807) is 12.2 Å². The third-order valence-corrected chi connectivity index (χ3v) is 2.34. The second kappa shape index (κ2) is 4.60. The summed E-state index contributed by atoms with van der Waals surface area (Å²) in [6, 6.07) is 7.87. The Morgan fingerprint density at radius 3 is 2.50 bits per heavy atom. The molecule has 0 fully saturated rings. The van der Waals surface area contributed by atoms with E-state index >= 15 is 0 Å². The zero-order valence-corrected chi connectivity index (χ0v) is 9.05. The van der Waals surface area contributed by atoms with Gasteiger partial charge in [0.15, 0.2) is 0 Å². The summed E-state index contributed by atoms with van der Waals surface area (Å²) in [5.41, 5.74) is 10.4. The molecule has 0 unspecified atom stereocenters. The highest BCUT2D eigenvalue weighted by Gasteiger charge is 2.09. The van der Waals surface area contributed by atoms with Gasteiger partial charge >= 0.3 is 0 Å². The number of ether oxygens (including phenoxy) is 1. The smallest absolute Gasteiger partial charge is 0.296 e. The van der Waals surface area contributed by atoms with Gasteiger partial charge < -0.3 is 10.3 Å². The van der Waals surface area contributed by atoms with Crippen LogP contribution in [0.5, 0.6) is 5.75 Å². The molecule has 1 aromatic rings. The van der Waals surface area contributed by atoms with E-state index in [-0.39, 0.29) is 0 Å². The highest BCUT2D eigenvalue weighted by atomic mass is 16.5. The van der Waals surface area contributed by atoms with Gasteiger partial charge in [0, 0.05) is 6.08 Å². The Hall–Kier alpha value is -2.12. The lowest BCUT2D eigenvalue weighted by Gasteiger charge is -2.08. The van der Waals surface area contributed by atoms with Gasteiger partial charge in [-0.3, -0.25) is 0 Å². The van der Waals surface area contributed by atoms with Crippen LogP contribution in [0.15, 0.2) is 48.3 Å². The van der Waals surface area contributed by atoms with Crippen molar-refractivity contribution in [2.45, 2.75) is 13.3 Å². The van der Waals surface area contributed by atoms with Crippen LogP contribution in [-0.4, -0.2) is 10.5 Å². The first-order valence-corrected chi connectivity index (χ1v) is 5.11. The van der Waals surface area contributed by atoms with Crippen LogP contribution in [0.25, 0.3) is 5.53 Å². The molecule has 0 N–H and O–H groups in total. The Kier molecular flexibility index (Phi) is 2.99. The Morgan fingerprint density at radius 1 is 1.19 bits per heavy atom. The maximum atomic E-state index is 8.56. The van der Waals surface area contributed by atoms with Crippen molar-refractivity contribution in [2.24, 2.45) is 0 Å². The molecule has 0 heterocycles. The van der Waals surface area contributed by atoms with Crippen molar-refractivity contribution in [2.75, 3.05) is 0 Å². The zero-order valence-electron chi connectivity index (χ0n) is 9.05. The van der Waals surface area contributed by atoms with Gasteiger partial charge in [0.25, 0.3) is 5.71 Å². The molecule has 0 atom stereocenters. The molecule has 3 nitrogen and oxygen atoms in total. The third-order valence-electron chi connectivity index (χ3n) is 2.34. The van der Waals surface area contributed by atoms with Gasteiger partial charge in [0.05, 0.1) is 6.42 Å². The molecule has 0 spiro atoms. The van der Waals surface area contributed by atoms with E-state index in [0.717, 1.165) is 11.5 Å². The van der Waals surface area contributed by atoms with Gasteiger partial charge in [0.1, 0.15) is 11.5 Å². The molecular weight excluding hydrogens is 200 g/mol. The van der Waals surface area contributed by atoms with Crippen LogP contribution >= 0.6 is 0 Å². The van der Waals surface area contributed by atoms with Gasteiger partial charge in [0.2, 0.25) is 0 Å². The van der Waals surface area contributed by atoms with Crippen molar-refractivity contribution in [3.05, 3.63) is 59.3 Å². The van der Waals surface area contributed by atoms with Crippen LogP contribution in [0.1, 0.15) is 12.0 Å². The van der Waals surface area contributed by atoms with Crippen LogP contribution < -0.4 is 4.74 Å². The van der Waals surface area contributed by atoms with E-state index in [4.69, 9.17) is 10.3 Å². The predicted molar refractivity (Wildman–Crippen MR) is 62.3 cm³/mol. The molecule has 0 bridgehead atoms. The van der Waals surface area contributed by atoms with E-state index in [1.807, 2.05) is 37.3 Å². The first-order valence-electron chi connectivity index (χ1n) is 5.11. The summed E-state index contributed by atoms with van der Waals surface area (Å²) in [6.45, 7) is 2.04. The minimum absolute atomic E-state index is 0.591. The lowest BCUT2D eigenvalue weighted by molar-refractivity contribution is -0.00549. The van der Waals surface area contributed by atoms with E-state index in [0.29, 0.717) is 12.1 Å². The van der Waals surface area contributed by atoms with Gasteiger partial charge in [-0.1, -0.05) is 17.7 Å². The average molecular weight is 212 g/mol. The standard InChI is InChI=1S/C13H12N2O/c1-10-2-6-12(7-3-10)16-13-8-4-11(15-14)5-9-13/h2-4,6-9H,5H2,1H3. The molecule has 2 rings (SSSR count). The summed E-state index contributed by atoms with van der Waals surface area (Å²) in [6.07, 6.45) is 6.00. The first-order chi connectivity index (χ1) is 7.78. The molecule has 3 heteroatoms. The molecule has 0 saturated heterocycles. The summed E-state index contributed by atoms with van der Waals surface area (Å²) < 4.78 is 5.64. The summed E-state index contributed by atoms with van der Waals surface area (Å²) in [7, 11) is 0. The molecule has 1 aliphatic rings. The van der Waals surface area contributed by atoms with Gasteiger partial charge in [-0.25, -0.2) is 0 Å². The van der Waals surface area contributed by atoms with E-state index < -0.39 is 0 Å². The average Bonchev–Trinajstić information content (AvgIpc) is 2.33. The number of benzene rings is 1. The number of hydrogen-bond donors (Lipinski definition) is 0. The number of nitrogens with zero attached hydrogens (tertiary/aromatic N) is 2. The minimum Gasteiger partial charge on any atom is -0.458 e. The zero-order chi connectivity index (χ0) is 11.4. The summed E-state index contributed by atoms with van der Waals surface area (Å²) >= 11 is 0. The van der Waals surface area contributed by atoms with Crippen LogP contribution in [0.2, 0.25) is 0 Å². The van der Waals surface area contributed by atoms with Crippen molar-refractivity contribution < 1.29 is 9.53 Å². The van der Waals surface area contributed by atoms with E-state index in [1.165, 1.54) is 5.56 Å². The maximum absolute atomic E-state index is 8.56. The number of allylic oxidation sites excluding steroid dienone is 3. The van der Waals surface area contributed by atoms with Gasteiger partial charge in [-0.15, -0.1) is 0 Å². The lowest BCUT2D eigenvalue weighted by Crippen LogP contribution is -2.02. The van der Waals surface area contributed by atoms with Crippen molar-refractivity contribution in [1.82, 2.24) is 0 Å². The quantitative estimate of drug-likeness (QED) is 0.549. The predicted octanol–water partition coefficient (Wildman–Crippen LogP) is 2.89. The van der Waals surface area contributed by atoms with Crippen LogP contribution in [0.3, 0.4) is 0 Å². The molecule has 0 radical (unpaired) electrons. The normalized spacial score (nSPS) is 14.3. The maximum Gasteiger partial charge on any atom is 0.296 e. The first kappa shape index (κ1) is 10.4. The summed E-state index contributed by atoms with van der Waals surface area (Å²) in [5.74, 6) is 1.59. The minimum atomic E-state index is 0.591. The topological polar surface area (TPSA) is 45.6 Å². The molecule has 1 aromatic carbocycles. The molecule has 16 heavy (non-hydrogen) atoms. The molecule has 0 amide bonds. The Bertz CT molecular complexity index is 491. The molecule has 0 aliphatic heterocycles. The summed E-state index contributed by atoms with van der Waals surface area (Å²) in [5, 5.41) is 0. The number of hydrogen-bond acceptors (Lipinski definition) is 1.